The molecule has 0 bridgehead atoms. The second kappa shape index (κ2) is 11.6. The van der Waals surface area contributed by atoms with Crippen molar-refractivity contribution in [1.82, 2.24) is 9.38 Å². The van der Waals surface area contributed by atoms with Gasteiger partial charge in [-0.1, -0.05) is 164 Å². The summed E-state index contributed by atoms with van der Waals surface area (Å²) < 4.78 is 34.3. The molecule has 234 valence electrons. The molecule has 0 aliphatic carbocycles. The van der Waals surface area contributed by atoms with Crippen LogP contribution >= 0.6 is 14.3 Å². The monoisotopic (exact) mass is 668 g/mol. The minimum atomic E-state index is -3.45. The van der Waals surface area contributed by atoms with E-state index >= 15 is 9.13 Å². The zero-order valence-electron chi connectivity index (χ0n) is 26.4. The summed E-state index contributed by atoms with van der Waals surface area (Å²) in [4.78, 5) is 5.28. The molecule has 0 amide bonds. The second-order valence-corrected chi connectivity index (χ2v) is 17.7. The number of aromatic nitrogens is 2. The largest absolute Gasteiger partial charge is 0.309 e. The van der Waals surface area contributed by atoms with E-state index in [1.807, 2.05) is 164 Å². The molecular formula is C43H30N2O2P2. The van der Waals surface area contributed by atoms with Crippen LogP contribution in [0.15, 0.2) is 182 Å². The van der Waals surface area contributed by atoms with Crippen molar-refractivity contribution in [1.29, 1.82) is 0 Å². The molecule has 0 spiro atoms. The fourth-order valence-corrected chi connectivity index (χ4v) is 13.0. The normalized spacial score (nSPS) is 12.2. The first-order valence-electron chi connectivity index (χ1n) is 16.3. The standard InChI is InChI=1S/C43H30N2O2P2/c46-48(31-17-5-1-6-18-31,32-19-7-2-8-20-32)39-29-15-27-36-35-25-13-14-26-37(35)43-44-38-28-16-30-40(42(38)45(43)41(36)39)49(47,33-21-9-3-10-22-33)34-23-11-4-12-24-34/h1-30H. The molecule has 2 aromatic heterocycles. The van der Waals surface area contributed by atoms with Gasteiger partial charge in [0.05, 0.1) is 16.6 Å². The maximum atomic E-state index is 16.1. The summed E-state index contributed by atoms with van der Waals surface area (Å²) in [6.45, 7) is 0. The molecule has 0 aliphatic heterocycles. The predicted molar refractivity (Wildman–Crippen MR) is 206 cm³/mol. The molecule has 0 fully saturated rings. The van der Waals surface area contributed by atoms with E-state index < -0.39 is 14.3 Å². The Labute approximate surface area is 284 Å². The Bertz CT molecular complexity index is 2680. The van der Waals surface area contributed by atoms with Gasteiger partial charge in [0.25, 0.3) is 0 Å². The first-order valence-corrected chi connectivity index (χ1v) is 19.7. The van der Waals surface area contributed by atoms with Gasteiger partial charge >= 0.3 is 0 Å². The zero-order valence-corrected chi connectivity index (χ0v) is 28.2. The van der Waals surface area contributed by atoms with Crippen LogP contribution in [0.5, 0.6) is 0 Å². The molecule has 0 unspecified atom stereocenters. The number of hydrogen-bond acceptors (Lipinski definition) is 3. The van der Waals surface area contributed by atoms with Gasteiger partial charge in [0, 0.05) is 42.6 Å². The highest BCUT2D eigenvalue weighted by atomic mass is 31.2. The molecule has 0 aliphatic rings. The third kappa shape index (κ3) is 4.42. The lowest BCUT2D eigenvalue weighted by atomic mass is 10.1. The molecule has 0 radical (unpaired) electrons. The fraction of sp³-hybridized carbons (Fsp3) is 0. The summed E-state index contributed by atoms with van der Waals surface area (Å²) in [5, 5.41) is 7.33. The number of hydrogen-bond donors (Lipinski definition) is 0. The van der Waals surface area contributed by atoms with Gasteiger partial charge in [-0.3, -0.25) is 4.40 Å². The zero-order chi connectivity index (χ0) is 33.0. The van der Waals surface area contributed by atoms with Crippen molar-refractivity contribution in [2.45, 2.75) is 0 Å². The van der Waals surface area contributed by atoms with Crippen molar-refractivity contribution < 1.29 is 9.13 Å². The average Bonchev–Trinajstić information content (AvgIpc) is 3.59. The van der Waals surface area contributed by atoms with Crippen molar-refractivity contribution in [2.75, 3.05) is 0 Å². The molecule has 0 saturated carbocycles. The quantitative estimate of drug-likeness (QED) is 0.133. The lowest BCUT2D eigenvalue weighted by Gasteiger charge is -2.24. The van der Waals surface area contributed by atoms with E-state index in [1.54, 1.807) is 0 Å². The molecule has 9 rings (SSSR count). The maximum absolute atomic E-state index is 16.1. The van der Waals surface area contributed by atoms with Gasteiger partial charge in [0.15, 0.2) is 14.3 Å². The minimum absolute atomic E-state index is 0.690. The first kappa shape index (κ1) is 29.6. The van der Waals surface area contributed by atoms with Crippen molar-refractivity contribution in [3.05, 3.63) is 182 Å². The van der Waals surface area contributed by atoms with E-state index in [0.29, 0.717) is 10.6 Å². The predicted octanol–water partition coefficient (Wildman–Crippen LogP) is 8.07. The number of imidazole rings is 1. The van der Waals surface area contributed by atoms with Crippen LogP contribution in [0, 0.1) is 0 Å². The summed E-state index contributed by atoms with van der Waals surface area (Å²) in [7, 11) is -6.88. The molecule has 49 heavy (non-hydrogen) atoms. The van der Waals surface area contributed by atoms with Crippen LogP contribution in [0.3, 0.4) is 0 Å². The van der Waals surface area contributed by atoms with E-state index in [2.05, 4.69) is 22.6 Å². The molecule has 0 atom stereocenters. The number of para-hydroxylation sites is 2. The fourth-order valence-electron chi connectivity index (χ4n) is 7.32. The minimum Gasteiger partial charge on any atom is -0.309 e. The molecule has 0 N–H and O–H groups in total. The van der Waals surface area contributed by atoms with Crippen LogP contribution in [0.4, 0.5) is 0 Å². The SMILES string of the molecule is O=P(c1ccccc1)(c1ccccc1)c1cccc2nc3c4ccccc4c4cccc(P(=O)(c5ccccc5)c5ccccc5)c4n3c12. The lowest BCUT2D eigenvalue weighted by molar-refractivity contribution is 0.592. The smallest absolute Gasteiger partial charge is 0.173 e. The van der Waals surface area contributed by atoms with Crippen LogP contribution in [-0.2, 0) is 9.13 Å². The van der Waals surface area contributed by atoms with Gasteiger partial charge in [0.1, 0.15) is 5.65 Å². The third-order valence-electron chi connectivity index (χ3n) is 9.51. The number of pyridine rings is 1. The van der Waals surface area contributed by atoms with Gasteiger partial charge in [-0.05, 0) is 23.6 Å². The Morgan fingerprint density at radius 1 is 0.367 bits per heavy atom. The third-order valence-corrected chi connectivity index (χ3v) is 15.7. The summed E-state index contributed by atoms with van der Waals surface area (Å²) in [5.74, 6) is 0. The lowest BCUT2D eigenvalue weighted by Crippen LogP contribution is -2.28. The summed E-state index contributed by atoms with van der Waals surface area (Å²) in [5.41, 5.74) is 3.02. The highest BCUT2D eigenvalue weighted by molar-refractivity contribution is 7.86. The molecule has 4 nitrogen and oxygen atoms in total. The van der Waals surface area contributed by atoms with E-state index in [0.717, 1.165) is 59.6 Å². The number of rotatable bonds is 6. The molecule has 9 aromatic rings. The van der Waals surface area contributed by atoms with Crippen LogP contribution in [0.2, 0.25) is 0 Å². The van der Waals surface area contributed by atoms with E-state index in [4.69, 9.17) is 4.98 Å². The van der Waals surface area contributed by atoms with Gasteiger partial charge in [-0.2, -0.15) is 0 Å². The Hall–Kier alpha value is -5.53. The van der Waals surface area contributed by atoms with Crippen molar-refractivity contribution >= 4 is 84.5 Å². The number of nitrogens with zero attached hydrogens (tertiary/aromatic N) is 2. The second-order valence-electron chi connectivity index (χ2n) is 12.2. The van der Waals surface area contributed by atoms with Crippen molar-refractivity contribution in [2.24, 2.45) is 0 Å². The number of benzene rings is 7. The number of fused-ring (bicyclic) bond motifs is 8. The summed E-state index contributed by atoms with van der Waals surface area (Å²) in [6, 6.07) is 59.3. The van der Waals surface area contributed by atoms with Crippen LogP contribution in [0.25, 0.3) is 38.4 Å². The Balaban J connectivity index is 1.53. The Morgan fingerprint density at radius 3 is 1.24 bits per heavy atom. The van der Waals surface area contributed by atoms with Crippen LogP contribution in [-0.4, -0.2) is 9.38 Å². The highest BCUT2D eigenvalue weighted by Gasteiger charge is 2.36. The van der Waals surface area contributed by atoms with Crippen molar-refractivity contribution in [3.63, 3.8) is 0 Å². The summed E-state index contributed by atoms with van der Waals surface area (Å²) in [6.07, 6.45) is 0. The van der Waals surface area contributed by atoms with Gasteiger partial charge in [0.2, 0.25) is 0 Å². The topological polar surface area (TPSA) is 51.4 Å². The Kier molecular flexibility index (Phi) is 6.99. The van der Waals surface area contributed by atoms with E-state index in [-0.39, 0.29) is 0 Å². The maximum Gasteiger partial charge on any atom is 0.173 e. The highest BCUT2D eigenvalue weighted by Crippen LogP contribution is 2.48. The van der Waals surface area contributed by atoms with Gasteiger partial charge < -0.3 is 9.13 Å². The summed E-state index contributed by atoms with van der Waals surface area (Å²) >= 11 is 0. The van der Waals surface area contributed by atoms with Gasteiger partial charge in [-0.15, -0.1) is 0 Å². The van der Waals surface area contributed by atoms with E-state index in [9.17, 15) is 0 Å². The molecule has 7 aromatic carbocycles. The molecule has 6 heteroatoms. The van der Waals surface area contributed by atoms with Crippen LogP contribution in [0.1, 0.15) is 0 Å². The first-order chi connectivity index (χ1) is 24.1. The molecule has 0 saturated heterocycles. The average molecular weight is 669 g/mol. The Morgan fingerprint density at radius 2 is 0.755 bits per heavy atom. The molecule has 2 heterocycles. The van der Waals surface area contributed by atoms with Crippen molar-refractivity contribution in [3.8, 4) is 0 Å². The van der Waals surface area contributed by atoms with E-state index in [1.165, 1.54) is 0 Å². The molecular weight excluding hydrogens is 638 g/mol. The van der Waals surface area contributed by atoms with Gasteiger partial charge in [-0.25, -0.2) is 4.98 Å². The van der Waals surface area contributed by atoms with Crippen LogP contribution < -0.4 is 31.8 Å².